The number of hydrogen-bond donors (Lipinski definition) is 2. The second-order valence-electron chi connectivity index (χ2n) is 7.81. The Morgan fingerprint density at radius 3 is 2.56 bits per heavy atom. The summed E-state index contributed by atoms with van der Waals surface area (Å²) in [4.78, 5) is 23.0. The monoisotopic (exact) mass is 372 g/mol. The third-order valence-electron chi connectivity index (χ3n) is 5.09. The van der Waals surface area contributed by atoms with Gasteiger partial charge in [-0.1, -0.05) is 12.1 Å². The Morgan fingerprint density at radius 2 is 1.93 bits per heavy atom. The summed E-state index contributed by atoms with van der Waals surface area (Å²) in [5.41, 5.74) is 1.28. The predicted molar refractivity (Wildman–Crippen MR) is 103 cm³/mol. The third kappa shape index (κ3) is 4.17. The van der Waals surface area contributed by atoms with Crippen LogP contribution in [0.2, 0.25) is 0 Å². The number of amides is 2. The molecule has 1 aromatic rings. The summed E-state index contributed by atoms with van der Waals surface area (Å²) in [5.74, 6) is 0.308. The van der Waals surface area contributed by atoms with Crippen molar-refractivity contribution in [2.45, 2.75) is 45.8 Å². The second kappa shape index (κ2) is 7.01. The van der Waals surface area contributed by atoms with E-state index in [2.05, 4.69) is 10.6 Å². The van der Waals surface area contributed by atoms with Crippen molar-refractivity contribution in [2.24, 2.45) is 0 Å². The van der Waals surface area contributed by atoms with Gasteiger partial charge in [0, 0.05) is 13.5 Å². The van der Waals surface area contributed by atoms with Crippen molar-refractivity contribution in [3.63, 3.8) is 0 Å². The van der Waals surface area contributed by atoms with Crippen LogP contribution in [-0.4, -0.2) is 43.3 Å². The smallest absolute Gasteiger partial charge is 0.482 e. The number of carbonyl (C=O) groups is 2. The van der Waals surface area contributed by atoms with Crippen molar-refractivity contribution < 1.29 is 23.6 Å². The molecule has 7 nitrogen and oxygen atoms in total. The molecule has 144 valence electrons. The molecule has 0 spiro atoms. The Kier molecular flexibility index (Phi) is 5.05. The van der Waals surface area contributed by atoms with Gasteiger partial charge in [-0.15, -0.1) is 0 Å². The van der Waals surface area contributed by atoms with Gasteiger partial charge in [-0.05, 0) is 50.9 Å². The zero-order chi connectivity index (χ0) is 19.8. The zero-order valence-corrected chi connectivity index (χ0v) is 16.3. The van der Waals surface area contributed by atoms with Crippen molar-refractivity contribution >= 4 is 30.7 Å². The van der Waals surface area contributed by atoms with Gasteiger partial charge in [-0.2, -0.15) is 0 Å². The molecule has 8 heteroatoms. The van der Waals surface area contributed by atoms with E-state index in [9.17, 15) is 9.59 Å². The average molecular weight is 372 g/mol. The van der Waals surface area contributed by atoms with Gasteiger partial charge in [0.25, 0.3) is 5.91 Å². The van der Waals surface area contributed by atoms with E-state index in [-0.39, 0.29) is 18.4 Å². The van der Waals surface area contributed by atoms with E-state index in [1.807, 2.05) is 45.9 Å². The summed E-state index contributed by atoms with van der Waals surface area (Å²) in [5, 5.41) is 5.60. The molecule has 27 heavy (non-hydrogen) atoms. The van der Waals surface area contributed by atoms with Gasteiger partial charge in [-0.3, -0.25) is 9.59 Å². The molecule has 0 saturated carbocycles. The normalized spacial score (nSPS) is 20.6. The Labute approximate surface area is 159 Å². The summed E-state index contributed by atoms with van der Waals surface area (Å²) in [6, 6.07) is 5.52. The van der Waals surface area contributed by atoms with Gasteiger partial charge in [0.2, 0.25) is 5.91 Å². The number of nitrogens with one attached hydrogen (secondary N) is 2. The van der Waals surface area contributed by atoms with E-state index in [4.69, 9.17) is 14.0 Å². The Balaban J connectivity index is 1.90. The van der Waals surface area contributed by atoms with E-state index < -0.39 is 18.3 Å². The predicted octanol–water partition coefficient (Wildman–Crippen LogP) is 2.17. The molecule has 2 aliphatic heterocycles. The largest absolute Gasteiger partial charge is 0.492 e. The maximum atomic E-state index is 11.5. The van der Waals surface area contributed by atoms with Gasteiger partial charge >= 0.3 is 7.12 Å². The quantitative estimate of drug-likeness (QED) is 0.792. The van der Waals surface area contributed by atoms with Crippen molar-refractivity contribution in [2.75, 3.05) is 18.5 Å². The van der Waals surface area contributed by atoms with E-state index in [1.165, 1.54) is 6.92 Å². The Bertz CT molecular complexity index is 787. The highest BCUT2D eigenvalue weighted by molar-refractivity contribution is 6.56. The van der Waals surface area contributed by atoms with Crippen LogP contribution >= 0.6 is 0 Å². The highest BCUT2D eigenvalue weighted by Crippen LogP contribution is 2.39. The number of fused-ring (bicyclic) bond motifs is 1. The molecule has 0 aliphatic carbocycles. The first-order chi connectivity index (χ1) is 12.6. The van der Waals surface area contributed by atoms with E-state index in [0.717, 1.165) is 11.0 Å². The van der Waals surface area contributed by atoms with Gasteiger partial charge in [0.15, 0.2) is 6.61 Å². The molecule has 2 amide bonds. The standard InChI is InChI=1S/C19H25BN2O5/c1-12(23)21-10-14(20-26-18(2,3)19(4,5)27-20)8-13-6-7-16-15(9-13)22-17(24)11-25-16/h6-9H,10-11H2,1-5H3,(H,21,23)(H,22,24). The molecule has 1 fully saturated rings. The minimum atomic E-state index is -0.580. The number of carbonyl (C=O) groups excluding carboxylic acids is 2. The maximum absolute atomic E-state index is 11.5. The molecular weight excluding hydrogens is 347 g/mol. The van der Waals surface area contributed by atoms with Crippen LogP contribution in [0.4, 0.5) is 5.69 Å². The molecule has 2 N–H and O–H groups in total. The molecule has 0 atom stereocenters. The van der Waals surface area contributed by atoms with E-state index >= 15 is 0 Å². The fourth-order valence-corrected chi connectivity index (χ4v) is 2.83. The van der Waals surface area contributed by atoms with Crippen molar-refractivity contribution in [3.8, 4) is 5.75 Å². The van der Waals surface area contributed by atoms with Gasteiger partial charge in [0.05, 0.1) is 16.9 Å². The van der Waals surface area contributed by atoms with Crippen LogP contribution in [0.15, 0.2) is 23.7 Å². The first-order valence-corrected chi connectivity index (χ1v) is 8.95. The number of rotatable bonds is 4. The Morgan fingerprint density at radius 1 is 1.26 bits per heavy atom. The SMILES string of the molecule is CC(=O)NCC(=Cc1ccc2c(c1)NC(=O)CO2)B1OC(C)(C)C(C)(C)O1. The summed E-state index contributed by atoms with van der Waals surface area (Å²) >= 11 is 0. The highest BCUT2D eigenvalue weighted by Gasteiger charge is 2.52. The van der Waals surface area contributed by atoms with Crippen LogP contribution < -0.4 is 15.4 Å². The molecule has 2 aliphatic rings. The lowest BCUT2D eigenvalue weighted by Crippen LogP contribution is -2.41. The van der Waals surface area contributed by atoms with Crippen molar-refractivity contribution in [3.05, 3.63) is 29.2 Å². The lowest BCUT2D eigenvalue weighted by atomic mass is 9.77. The zero-order valence-electron chi connectivity index (χ0n) is 16.3. The highest BCUT2D eigenvalue weighted by atomic mass is 16.7. The van der Waals surface area contributed by atoms with Crippen LogP contribution in [0.3, 0.4) is 0 Å². The molecule has 2 heterocycles. The fourth-order valence-electron chi connectivity index (χ4n) is 2.83. The summed E-state index contributed by atoms with van der Waals surface area (Å²) in [7, 11) is -0.580. The number of hydrogen-bond acceptors (Lipinski definition) is 5. The molecule has 3 rings (SSSR count). The first-order valence-electron chi connectivity index (χ1n) is 8.95. The van der Waals surface area contributed by atoms with Crippen LogP contribution in [0.1, 0.15) is 40.2 Å². The molecular formula is C19H25BN2O5. The minimum Gasteiger partial charge on any atom is -0.482 e. The van der Waals surface area contributed by atoms with Gasteiger partial charge < -0.3 is 24.7 Å². The van der Waals surface area contributed by atoms with Crippen LogP contribution in [0.5, 0.6) is 5.75 Å². The molecule has 0 aromatic heterocycles. The van der Waals surface area contributed by atoms with Crippen LogP contribution in [-0.2, 0) is 18.9 Å². The summed E-state index contributed by atoms with van der Waals surface area (Å²) in [6.45, 7) is 9.71. The summed E-state index contributed by atoms with van der Waals surface area (Å²) in [6.07, 6.45) is 1.90. The molecule has 0 radical (unpaired) electrons. The van der Waals surface area contributed by atoms with Crippen molar-refractivity contribution in [1.82, 2.24) is 5.32 Å². The Hall–Kier alpha value is -2.32. The first kappa shape index (κ1) is 19.4. The topological polar surface area (TPSA) is 85.9 Å². The average Bonchev–Trinajstić information content (AvgIpc) is 2.78. The molecule has 0 bridgehead atoms. The van der Waals surface area contributed by atoms with Crippen LogP contribution in [0, 0.1) is 0 Å². The fraction of sp³-hybridized carbons (Fsp3) is 0.474. The maximum Gasteiger partial charge on any atom is 0.492 e. The lowest BCUT2D eigenvalue weighted by Gasteiger charge is -2.32. The third-order valence-corrected chi connectivity index (χ3v) is 5.09. The van der Waals surface area contributed by atoms with Crippen LogP contribution in [0.25, 0.3) is 6.08 Å². The molecule has 1 saturated heterocycles. The molecule has 1 aromatic carbocycles. The van der Waals surface area contributed by atoms with Gasteiger partial charge in [-0.25, -0.2) is 0 Å². The number of benzene rings is 1. The molecule has 0 unspecified atom stereocenters. The van der Waals surface area contributed by atoms with Crippen molar-refractivity contribution in [1.29, 1.82) is 0 Å². The minimum absolute atomic E-state index is 0.0177. The van der Waals surface area contributed by atoms with E-state index in [0.29, 0.717) is 18.0 Å². The van der Waals surface area contributed by atoms with E-state index in [1.54, 1.807) is 6.07 Å². The summed E-state index contributed by atoms with van der Waals surface area (Å²) < 4.78 is 17.6. The lowest BCUT2D eigenvalue weighted by molar-refractivity contribution is -0.119. The number of anilines is 1. The number of ether oxygens (including phenoxy) is 1. The van der Waals surface area contributed by atoms with Gasteiger partial charge in [0.1, 0.15) is 5.75 Å². The second-order valence-corrected chi connectivity index (χ2v) is 7.81.